The number of ketones is 1. The number of Topliss-reactive ketones (excluding diaryl/α,β-unsaturated/α-hetero) is 1. The molecular weight excluding hydrogens is 394 g/mol. The van der Waals surface area contributed by atoms with E-state index in [0.29, 0.717) is 29.2 Å². The van der Waals surface area contributed by atoms with Crippen molar-refractivity contribution in [2.75, 3.05) is 6.61 Å². The Labute approximate surface area is 180 Å². The number of carbonyl (C=O) groups excluding carboxylic acids is 2. The van der Waals surface area contributed by atoms with Gasteiger partial charge >= 0.3 is 0 Å². The smallest absolute Gasteiger partial charge is 0.296 e. The summed E-state index contributed by atoms with van der Waals surface area (Å²) in [6.45, 7) is 2.74. The standard InChI is InChI=1S/C25H23NO5/c1-2-14-30-19-12-10-17(11-13-19)22-21(23(27)18-7-4-3-5-8-18)24(28)25(29)26(22)16-20-9-6-15-31-20/h3-13,15,22,27H,2,14,16H2,1H3/b23-21-. The normalized spacial score (nSPS) is 17.8. The maximum absolute atomic E-state index is 13.0. The van der Waals surface area contributed by atoms with Crippen molar-refractivity contribution in [3.63, 3.8) is 0 Å². The molecule has 158 valence electrons. The fraction of sp³-hybridized carbons (Fsp3) is 0.200. The Hall–Kier alpha value is -3.80. The number of amides is 1. The number of rotatable bonds is 7. The number of aliphatic hydroxyl groups excluding tert-OH is 1. The molecule has 1 saturated heterocycles. The van der Waals surface area contributed by atoms with E-state index >= 15 is 0 Å². The van der Waals surface area contributed by atoms with Gasteiger partial charge in [0.25, 0.3) is 11.7 Å². The van der Waals surface area contributed by atoms with Crippen LogP contribution < -0.4 is 4.74 Å². The molecule has 1 aliphatic heterocycles. The van der Waals surface area contributed by atoms with E-state index < -0.39 is 17.7 Å². The molecule has 6 nitrogen and oxygen atoms in total. The number of ether oxygens (including phenoxy) is 1. The molecule has 0 bridgehead atoms. The number of hydrogen-bond acceptors (Lipinski definition) is 5. The number of nitrogens with zero attached hydrogens (tertiary/aromatic N) is 1. The highest BCUT2D eigenvalue weighted by Gasteiger charge is 2.46. The first-order valence-electron chi connectivity index (χ1n) is 10.2. The summed E-state index contributed by atoms with van der Waals surface area (Å²) in [5, 5.41) is 11.0. The summed E-state index contributed by atoms with van der Waals surface area (Å²) in [7, 11) is 0. The zero-order chi connectivity index (χ0) is 21.8. The maximum Gasteiger partial charge on any atom is 0.296 e. The molecule has 31 heavy (non-hydrogen) atoms. The summed E-state index contributed by atoms with van der Waals surface area (Å²) in [6.07, 6.45) is 2.41. The summed E-state index contributed by atoms with van der Waals surface area (Å²) < 4.78 is 11.1. The lowest BCUT2D eigenvalue weighted by Gasteiger charge is -2.24. The average molecular weight is 417 g/mol. The van der Waals surface area contributed by atoms with Crippen LogP contribution in [-0.2, 0) is 16.1 Å². The third-order valence-electron chi connectivity index (χ3n) is 5.16. The van der Waals surface area contributed by atoms with Crippen LogP contribution in [0.15, 0.2) is 83.0 Å². The van der Waals surface area contributed by atoms with Crippen LogP contribution in [-0.4, -0.2) is 28.3 Å². The first kappa shape index (κ1) is 20.5. The van der Waals surface area contributed by atoms with Crippen molar-refractivity contribution in [1.82, 2.24) is 4.90 Å². The maximum atomic E-state index is 13.0. The van der Waals surface area contributed by atoms with E-state index in [-0.39, 0.29) is 17.9 Å². The van der Waals surface area contributed by atoms with Gasteiger partial charge in [-0.3, -0.25) is 9.59 Å². The second kappa shape index (κ2) is 8.92. The Morgan fingerprint density at radius 1 is 1.03 bits per heavy atom. The van der Waals surface area contributed by atoms with Crippen molar-refractivity contribution in [2.24, 2.45) is 0 Å². The van der Waals surface area contributed by atoms with Gasteiger partial charge in [-0.15, -0.1) is 0 Å². The van der Waals surface area contributed by atoms with Crippen LogP contribution in [0.2, 0.25) is 0 Å². The van der Waals surface area contributed by atoms with Gasteiger partial charge in [0.2, 0.25) is 0 Å². The van der Waals surface area contributed by atoms with Crippen molar-refractivity contribution in [2.45, 2.75) is 25.9 Å². The van der Waals surface area contributed by atoms with Crippen molar-refractivity contribution in [3.8, 4) is 5.75 Å². The van der Waals surface area contributed by atoms with Crippen LogP contribution in [0, 0.1) is 0 Å². The lowest BCUT2D eigenvalue weighted by molar-refractivity contribution is -0.140. The van der Waals surface area contributed by atoms with Crippen LogP contribution in [0.4, 0.5) is 0 Å². The molecular formula is C25H23NO5. The molecule has 1 aliphatic rings. The Kier molecular flexibility index (Phi) is 5.89. The summed E-state index contributed by atoms with van der Waals surface area (Å²) in [5.74, 6) is -0.335. The molecule has 0 spiro atoms. The molecule has 0 saturated carbocycles. The van der Waals surface area contributed by atoms with Crippen LogP contribution in [0.1, 0.15) is 36.3 Å². The van der Waals surface area contributed by atoms with Crippen LogP contribution in [0.3, 0.4) is 0 Å². The quantitative estimate of drug-likeness (QED) is 0.343. The Balaban J connectivity index is 1.79. The van der Waals surface area contributed by atoms with E-state index in [9.17, 15) is 14.7 Å². The summed E-state index contributed by atoms with van der Waals surface area (Å²) >= 11 is 0. The molecule has 1 N–H and O–H groups in total. The molecule has 1 amide bonds. The number of carbonyl (C=O) groups is 2. The van der Waals surface area contributed by atoms with Crippen LogP contribution in [0.25, 0.3) is 5.76 Å². The van der Waals surface area contributed by atoms with E-state index in [1.54, 1.807) is 48.5 Å². The number of hydrogen-bond donors (Lipinski definition) is 1. The van der Waals surface area contributed by atoms with Crippen molar-refractivity contribution < 1.29 is 23.8 Å². The van der Waals surface area contributed by atoms with E-state index in [0.717, 1.165) is 6.42 Å². The predicted octanol–water partition coefficient (Wildman–Crippen LogP) is 4.69. The number of aliphatic hydroxyl groups is 1. The first-order chi connectivity index (χ1) is 15.1. The fourth-order valence-corrected chi connectivity index (χ4v) is 3.68. The minimum atomic E-state index is -0.745. The summed E-state index contributed by atoms with van der Waals surface area (Å²) in [6, 6.07) is 18.7. The topological polar surface area (TPSA) is 80.0 Å². The van der Waals surface area contributed by atoms with E-state index in [4.69, 9.17) is 9.15 Å². The lowest BCUT2D eigenvalue weighted by atomic mass is 9.95. The second-order valence-electron chi connectivity index (χ2n) is 7.29. The highest BCUT2D eigenvalue weighted by Crippen LogP contribution is 2.40. The van der Waals surface area contributed by atoms with Gasteiger partial charge in [-0.2, -0.15) is 0 Å². The summed E-state index contributed by atoms with van der Waals surface area (Å²) in [4.78, 5) is 27.3. The Morgan fingerprint density at radius 2 is 1.77 bits per heavy atom. The largest absolute Gasteiger partial charge is 0.507 e. The number of likely N-dealkylation sites (tertiary alicyclic amines) is 1. The molecule has 1 unspecified atom stereocenters. The van der Waals surface area contributed by atoms with Gasteiger partial charge in [0.05, 0.1) is 31.0 Å². The van der Waals surface area contributed by atoms with Gasteiger partial charge in [-0.1, -0.05) is 49.4 Å². The van der Waals surface area contributed by atoms with Crippen molar-refractivity contribution in [3.05, 3.63) is 95.5 Å². The minimum Gasteiger partial charge on any atom is -0.507 e. The Bertz CT molecular complexity index is 1080. The highest BCUT2D eigenvalue weighted by atomic mass is 16.5. The molecule has 4 rings (SSSR count). The minimum absolute atomic E-state index is 0.0602. The second-order valence-corrected chi connectivity index (χ2v) is 7.29. The predicted molar refractivity (Wildman–Crippen MR) is 115 cm³/mol. The molecule has 1 atom stereocenters. The van der Waals surface area contributed by atoms with Crippen molar-refractivity contribution >= 4 is 17.4 Å². The molecule has 2 heterocycles. The van der Waals surface area contributed by atoms with Gasteiger partial charge in [0, 0.05) is 5.56 Å². The molecule has 0 radical (unpaired) electrons. The number of furan rings is 1. The third-order valence-corrected chi connectivity index (χ3v) is 5.16. The molecule has 6 heteroatoms. The van der Waals surface area contributed by atoms with E-state index in [1.165, 1.54) is 11.2 Å². The fourth-order valence-electron chi connectivity index (χ4n) is 3.68. The third kappa shape index (κ3) is 4.10. The average Bonchev–Trinajstić information content (AvgIpc) is 3.41. The van der Waals surface area contributed by atoms with Gasteiger partial charge in [0.1, 0.15) is 17.3 Å². The molecule has 1 fully saturated rings. The molecule has 2 aromatic carbocycles. The van der Waals surface area contributed by atoms with E-state index in [1.807, 2.05) is 25.1 Å². The first-order valence-corrected chi connectivity index (χ1v) is 10.2. The zero-order valence-electron chi connectivity index (χ0n) is 17.2. The Morgan fingerprint density at radius 3 is 2.42 bits per heavy atom. The van der Waals surface area contributed by atoms with Crippen molar-refractivity contribution in [1.29, 1.82) is 0 Å². The van der Waals surface area contributed by atoms with Crippen LogP contribution >= 0.6 is 0 Å². The lowest BCUT2D eigenvalue weighted by Crippen LogP contribution is -2.29. The zero-order valence-corrected chi connectivity index (χ0v) is 17.2. The van der Waals surface area contributed by atoms with Gasteiger partial charge in [-0.05, 0) is 36.2 Å². The molecule has 0 aliphatic carbocycles. The SMILES string of the molecule is CCCOc1ccc(C2/C(=C(/O)c3ccccc3)C(=O)C(=O)N2Cc2ccco2)cc1. The van der Waals surface area contributed by atoms with Gasteiger partial charge in [0.15, 0.2) is 0 Å². The molecule has 1 aromatic heterocycles. The van der Waals surface area contributed by atoms with Gasteiger partial charge < -0.3 is 19.2 Å². The monoisotopic (exact) mass is 417 g/mol. The number of benzene rings is 2. The summed E-state index contributed by atoms with van der Waals surface area (Å²) in [5.41, 5.74) is 1.24. The highest BCUT2D eigenvalue weighted by molar-refractivity contribution is 6.46. The van der Waals surface area contributed by atoms with E-state index in [2.05, 4.69) is 0 Å². The van der Waals surface area contributed by atoms with Gasteiger partial charge in [-0.25, -0.2) is 0 Å². The van der Waals surface area contributed by atoms with Crippen LogP contribution in [0.5, 0.6) is 5.75 Å². The molecule has 3 aromatic rings.